The summed E-state index contributed by atoms with van der Waals surface area (Å²) in [4.78, 5) is 11.3. The van der Waals surface area contributed by atoms with Crippen LogP contribution >= 0.6 is 11.3 Å². The molecule has 0 fully saturated rings. The Balaban J connectivity index is 3.28. The second-order valence-electron chi connectivity index (χ2n) is 4.65. The van der Waals surface area contributed by atoms with Gasteiger partial charge in [0.05, 0.1) is 0 Å². The minimum atomic E-state index is -7.41. The molecule has 29 heavy (non-hydrogen) atoms. The van der Waals surface area contributed by atoms with Gasteiger partial charge in [0.15, 0.2) is 0 Å². The third-order valence-electron chi connectivity index (χ3n) is 2.53. The van der Waals surface area contributed by atoms with E-state index in [0.29, 0.717) is 5.32 Å². The lowest BCUT2D eigenvalue weighted by Gasteiger charge is -2.33. The molecule has 1 rings (SSSR count). The van der Waals surface area contributed by atoms with E-state index < -0.39 is 63.8 Å². The number of carbonyl (C=O) groups is 1. The van der Waals surface area contributed by atoms with E-state index in [1.807, 2.05) is 4.74 Å². The second-order valence-corrected chi connectivity index (χ2v) is 5.63. The predicted octanol–water partition coefficient (Wildman–Crippen LogP) is 4.53. The van der Waals surface area contributed by atoms with Crippen molar-refractivity contribution in [3.63, 3.8) is 0 Å². The molecule has 20 heteroatoms. The Morgan fingerprint density at radius 3 is 1.62 bits per heavy atom. The third kappa shape index (κ3) is 4.78. The maximum atomic E-state index is 13.8. The molecule has 0 saturated heterocycles. The zero-order chi connectivity index (χ0) is 23.3. The molecule has 1 unspecified atom stereocenters. The van der Waals surface area contributed by atoms with E-state index in [0.717, 1.165) is 0 Å². The van der Waals surface area contributed by atoms with Gasteiger partial charge in [0.1, 0.15) is 0 Å². The third-order valence-corrected chi connectivity index (χ3v) is 3.42. The first-order valence-electron chi connectivity index (χ1n) is 6.06. The monoisotopic (exact) mass is 481 g/mol. The molecule has 1 N–H and O–H groups in total. The topological polar surface area (TPSA) is 64.1 Å². The van der Waals surface area contributed by atoms with Crippen LogP contribution in [0.5, 0.6) is 0 Å². The van der Waals surface area contributed by atoms with Crippen molar-refractivity contribution in [3.8, 4) is 0 Å². The zero-order valence-corrected chi connectivity index (χ0v) is 13.2. The summed E-state index contributed by atoms with van der Waals surface area (Å²) in [7, 11) is 0. The smallest absolute Gasteiger partial charge is 0.295 e. The average Bonchev–Trinajstić information content (AvgIpc) is 2.92. The van der Waals surface area contributed by atoms with Crippen LogP contribution in [-0.2, 0) is 15.7 Å². The number of carbonyl (C=O) groups excluding carboxylic acids is 1. The van der Waals surface area contributed by atoms with E-state index in [-0.39, 0.29) is 0 Å². The fourth-order valence-corrected chi connectivity index (χ4v) is 1.81. The molecule has 1 aromatic heterocycles. The first kappa shape index (κ1) is 25.0. The molecule has 1 aromatic rings. The number of nitrogens with zero attached hydrogens (tertiary/aromatic N) is 2. The Bertz CT molecular complexity index is 753. The SMILES string of the molecule is O=C(Nc1nnc(C(F)(F)F)s1)C(F)(OC(F)(F)C(F)(F)C(F)(F)F)C(F)(F)F. The van der Waals surface area contributed by atoms with Gasteiger partial charge in [-0.25, -0.2) is 0 Å². The molecule has 0 saturated carbocycles. The molecule has 168 valence electrons. The number of aromatic nitrogens is 2. The van der Waals surface area contributed by atoms with Gasteiger partial charge in [-0.2, -0.15) is 61.5 Å². The van der Waals surface area contributed by atoms with Gasteiger partial charge in [0.2, 0.25) is 10.1 Å². The van der Waals surface area contributed by atoms with Crippen molar-refractivity contribution in [2.75, 3.05) is 5.32 Å². The number of rotatable bonds is 5. The number of nitrogens with one attached hydrogen (secondary N) is 1. The maximum Gasteiger partial charge on any atom is 0.462 e. The van der Waals surface area contributed by atoms with Crippen molar-refractivity contribution in [3.05, 3.63) is 5.01 Å². The van der Waals surface area contributed by atoms with E-state index in [9.17, 15) is 66.3 Å². The van der Waals surface area contributed by atoms with Crippen LogP contribution < -0.4 is 5.32 Å². The molecule has 0 aliphatic rings. The van der Waals surface area contributed by atoms with Crippen molar-refractivity contribution in [1.82, 2.24) is 10.2 Å². The highest BCUT2D eigenvalue weighted by molar-refractivity contribution is 7.15. The van der Waals surface area contributed by atoms with Crippen LogP contribution in [0.15, 0.2) is 0 Å². The summed E-state index contributed by atoms with van der Waals surface area (Å²) >= 11 is -0.762. The number of hydrogen-bond acceptors (Lipinski definition) is 5. The highest BCUT2D eigenvalue weighted by Crippen LogP contribution is 2.51. The molecule has 1 heterocycles. The van der Waals surface area contributed by atoms with Crippen LogP contribution in [0.2, 0.25) is 0 Å². The molecule has 0 aromatic carbocycles. The van der Waals surface area contributed by atoms with E-state index in [1.54, 1.807) is 0 Å². The molecule has 5 nitrogen and oxygen atoms in total. The number of halogens is 14. The number of amides is 1. The Morgan fingerprint density at radius 1 is 0.793 bits per heavy atom. The van der Waals surface area contributed by atoms with Crippen LogP contribution in [0.3, 0.4) is 0 Å². The van der Waals surface area contributed by atoms with Crippen molar-refractivity contribution in [2.24, 2.45) is 0 Å². The first-order valence-corrected chi connectivity index (χ1v) is 6.88. The minimum absolute atomic E-state index is 0.521. The molecule has 0 aliphatic carbocycles. The molecule has 0 aliphatic heterocycles. The number of ether oxygens (including phenoxy) is 1. The first-order chi connectivity index (χ1) is 12.6. The summed E-state index contributed by atoms with van der Waals surface area (Å²) in [5.74, 6) is -17.5. The van der Waals surface area contributed by atoms with Crippen molar-refractivity contribution in [2.45, 2.75) is 36.4 Å². The van der Waals surface area contributed by atoms with E-state index in [1.165, 1.54) is 0 Å². The van der Waals surface area contributed by atoms with Crippen molar-refractivity contribution < 1.29 is 71.0 Å². The fraction of sp³-hybridized carbons (Fsp3) is 0.667. The molecule has 1 atom stereocenters. The quantitative estimate of drug-likeness (QED) is 0.629. The Labute approximate surface area is 151 Å². The summed E-state index contributed by atoms with van der Waals surface area (Å²) in [5, 5.41) is 1.69. The highest BCUT2D eigenvalue weighted by atomic mass is 32.1. The van der Waals surface area contributed by atoms with Gasteiger partial charge in [0, 0.05) is 0 Å². The van der Waals surface area contributed by atoms with Gasteiger partial charge in [-0.1, -0.05) is 11.3 Å². The molecule has 0 bridgehead atoms. The van der Waals surface area contributed by atoms with Gasteiger partial charge in [0.25, 0.3) is 0 Å². The summed E-state index contributed by atoms with van der Waals surface area (Å²) in [6.45, 7) is 0. The highest BCUT2D eigenvalue weighted by Gasteiger charge is 2.79. The lowest BCUT2D eigenvalue weighted by atomic mass is 10.2. The molecule has 1 amide bonds. The second kappa shape index (κ2) is 7.06. The van der Waals surface area contributed by atoms with E-state index >= 15 is 0 Å². The van der Waals surface area contributed by atoms with Crippen molar-refractivity contribution >= 4 is 22.4 Å². The predicted molar refractivity (Wildman–Crippen MR) is 60.5 cm³/mol. The normalized spacial score (nSPS) is 16.5. The average molecular weight is 481 g/mol. The maximum absolute atomic E-state index is 13.8. The number of alkyl halides is 14. The van der Waals surface area contributed by atoms with E-state index in [2.05, 4.69) is 10.2 Å². The summed E-state index contributed by atoms with van der Waals surface area (Å²) in [6, 6.07) is 0. The minimum Gasteiger partial charge on any atom is -0.295 e. The fourth-order valence-electron chi connectivity index (χ4n) is 1.20. The summed E-state index contributed by atoms with van der Waals surface area (Å²) < 4.78 is 177. The standard InChI is InChI=1S/C9HF14N3O2S/c10-4(7(16,17)18,28-9(22,23)6(14,15)8(19,20)21)1(27)24-3-26-25-2(29-3)5(11,12)13/h(H,24,26,27). The lowest BCUT2D eigenvalue weighted by molar-refractivity contribution is -0.472. The van der Waals surface area contributed by atoms with Crippen LogP contribution in [-0.4, -0.2) is 46.3 Å². The van der Waals surface area contributed by atoms with Gasteiger partial charge >= 0.3 is 42.3 Å². The van der Waals surface area contributed by atoms with Crippen LogP contribution in [0.25, 0.3) is 0 Å². The van der Waals surface area contributed by atoms with Crippen molar-refractivity contribution in [1.29, 1.82) is 0 Å². The van der Waals surface area contributed by atoms with Crippen LogP contribution in [0.4, 0.5) is 66.6 Å². The van der Waals surface area contributed by atoms with Gasteiger partial charge < -0.3 is 0 Å². The molecular weight excluding hydrogens is 480 g/mol. The lowest BCUT2D eigenvalue weighted by Crippen LogP contribution is -2.62. The van der Waals surface area contributed by atoms with E-state index in [4.69, 9.17) is 0 Å². The Morgan fingerprint density at radius 2 is 1.28 bits per heavy atom. The molecule has 0 spiro atoms. The Hall–Kier alpha value is -1.99. The largest absolute Gasteiger partial charge is 0.462 e. The summed E-state index contributed by atoms with van der Waals surface area (Å²) in [6.07, 6.45) is -26.8. The summed E-state index contributed by atoms with van der Waals surface area (Å²) in [5.41, 5.74) is 0. The zero-order valence-electron chi connectivity index (χ0n) is 12.4. The Kier molecular flexibility index (Phi) is 6.10. The van der Waals surface area contributed by atoms with Gasteiger partial charge in [-0.15, -0.1) is 10.2 Å². The van der Waals surface area contributed by atoms with Gasteiger partial charge in [-0.3, -0.25) is 14.8 Å². The molecular formula is C9HF14N3O2S. The van der Waals surface area contributed by atoms with Crippen LogP contribution in [0.1, 0.15) is 5.01 Å². The molecule has 0 radical (unpaired) electrons. The number of hydrogen-bond donors (Lipinski definition) is 1. The van der Waals surface area contributed by atoms with Crippen LogP contribution in [0, 0.1) is 0 Å². The number of anilines is 1. The van der Waals surface area contributed by atoms with Gasteiger partial charge in [-0.05, 0) is 0 Å².